The van der Waals surface area contributed by atoms with Crippen molar-refractivity contribution in [3.8, 4) is 78.4 Å². The van der Waals surface area contributed by atoms with Crippen molar-refractivity contribution in [3.05, 3.63) is 217 Å². The van der Waals surface area contributed by atoms with Crippen molar-refractivity contribution in [2.45, 2.75) is 19.3 Å². The van der Waals surface area contributed by atoms with E-state index in [4.69, 9.17) is 9.97 Å². The number of fused-ring (bicyclic) bond motifs is 5. The Kier molecular flexibility index (Phi) is 8.20. The summed E-state index contributed by atoms with van der Waals surface area (Å²) in [7, 11) is 0. The van der Waals surface area contributed by atoms with Crippen molar-refractivity contribution >= 4 is 21.5 Å². The first-order chi connectivity index (χ1) is 29.0. The zero-order valence-electron chi connectivity index (χ0n) is 33.0. The first-order valence-electron chi connectivity index (χ1n) is 20.4. The van der Waals surface area contributed by atoms with Gasteiger partial charge in [0.05, 0.1) is 11.4 Å². The van der Waals surface area contributed by atoms with Gasteiger partial charge in [0.25, 0.3) is 0 Å². The summed E-state index contributed by atoms with van der Waals surface area (Å²) in [6.07, 6.45) is 0. The highest BCUT2D eigenvalue weighted by Gasteiger charge is 2.36. The van der Waals surface area contributed by atoms with Crippen LogP contribution in [-0.4, -0.2) is 9.97 Å². The van der Waals surface area contributed by atoms with Crippen LogP contribution in [0.1, 0.15) is 25.0 Å². The SMILES string of the molecule is CC1(C)c2ccc(-c3ccc(-c4nc(-c5ccccc5)cc(-c5cc(-c6ccccc6)ccc5-c5ccccc5)n4)c4ccccc34)cc2-c2cc3ccccc3cc21. The van der Waals surface area contributed by atoms with Gasteiger partial charge in [-0.2, -0.15) is 0 Å². The van der Waals surface area contributed by atoms with Gasteiger partial charge in [-0.05, 0) is 114 Å². The fourth-order valence-electron chi connectivity index (χ4n) is 9.25. The van der Waals surface area contributed by atoms with Crippen LogP contribution in [0.4, 0.5) is 0 Å². The summed E-state index contributed by atoms with van der Waals surface area (Å²) in [6.45, 7) is 4.71. The zero-order valence-corrected chi connectivity index (χ0v) is 33.0. The van der Waals surface area contributed by atoms with Crippen molar-refractivity contribution in [1.29, 1.82) is 0 Å². The average molecular weight is 753 g/mol. The summed E-state index contributed by atoms with van der Waals surface area (Å²) in [6, 6.07) is 74.3. The smallest absolute Gasteiger partial charge is 0.161 e. The molecule has 0 N–H and O–H groups in total. The lowest BCUT2D eigenvalue weighted by Gasteiger charge is -2.22. The van der Waals surface area contributed by atoms with Gasteiger partial charge in [-0.1, -0.05) is 184 Å². The third-order valence-electron chi connectivity index (χ3n) is 12.3. The molecule has 278 valence electrons. The number of hydrogen-bond donors (Lipinski definition) is 0. The second-order valence-corrected chi connectivity index (χ2v) is 16.2. The molecule has 2 heteroatoms. The summed E-state index contributed by atoms with van der Waals surface area (Å²) in [5, 5.41) is 4.85. The molecule has 0 aliphatic heterocycles. The molecule has 1 heterocycles. The highest BCUT2D eigenvalue weighted by molar-refractivity contribution is 6.05. The van der Waals surface area contributed by atoms with E-state index >= 15 is 0 Å². The fourth-order valence-corrected chi connectivity index (χ4v) is 9.25. The maximum Gasteiger partial charge on any atom is 0.161 e. The molecular weight excluding hydrogens is 713 g/mol. The van der Waals surface area contributed by atoms with Crippen LogP contribution >= 0.6 is 0 Å². The molecule has 59 heavy (non-hydrogen) atoms. The van der Waals surface area contributed by atoms with Crippen LogP contribution in [0.15, 0.2) is 206 Å². The molecule has 1 aliphatic carbocycles. The monoisotopic (exact) mass is 752 g/mol. The van der Waals surface area contributed by atoms with Crippen molar-refractivity contribution < 1.29 is 0 Å². The zero-order chi connectivity index (χ0) is 39.5. The molecule has 0 saturated carbocycles. The second kappa shape index (κ2) is 13.9. The molecular formula is C57H40N2. The summed E-state index contributed by atoms with van der Waals surface area (Å²) < 4.78 is 0. The van der Waals surface area contributed by atoms with E-state index in [9.17, 15) is 0 Å². The van der Waals surface area contributed by atoms with Crippen LogP contribution in [-0.2, 0) is 5.41 Å². The Morgan fingerprint density at radius 2 is 0.831 bits per heavy atom. The van der Waals surface area contributed by atoms with Crippen LogP contribution in [0.5, 0.6) is 0 Å². The molecule has 11 rings (SSSR count). The molecule has 9 aromatic carbocycles. The minimum absolute atomic E-state index is 0.0844. The van der Waals surface area contributed by atoms with E-state index in [1.807, 2.05) is 0 Å². The highest BCUT2D eigenvalue weighted by atomic mass is 14.9. The fraction of sp³-hybridized carbons (Fsp3) is 0.0526. The molecule has 1 aliphatic rings. The molecule has 0 radical (unpaired) electrons. The van der Waals surface area contributed by atoms with E-state index in [2.05, 4.69) is 220 Å². The lowest BCUT2D eigenvalue weighted by molar-refractivity contribution is 0.661. The number of hydrogen-bond acceptors (Lipinski definition) is 2. The third-order valence-corrected chi connectivity index (χ3v) is 12.3. The molecule has 2 nitrogen and oxygen atoms in total. The van der Waals surface area contributed by atoms with E-state index in [1.165, 1.54) is 55.1 Å². The molecule has 0 atom stereocenters. The number of benzene rings is 9. The maximum absolute atomic E-state index is 5.47. The van der Waals surface area contributed by atoms with Gasteiger partial charge in [-0.25, -0.2) is 9.97 Å². The Bertz CT molecular complexity index is 3220. The standard InChI is InChI=1S/C57H40N2/c1-57(2)52-31-27-43(34-49(52)50-32-40-22-12-13-23-41(40)35-53(50)57)45-29-30-48(47-25-15-14-24-46(45)47)56-58-54(39-20-10-5-11-21-39)36-55(59-56)51-33-42(37-16-6-3-7-17-37)26-28-44(51)38-18-8-4-9-19-38/h3-36H,1-2H3. The van der Waals surface area contributed by atoms with Crippen molar-refractivity contribution in [2.75, 3.05) is 0 Å². The van der Waals surface area contributed by atoms with Crippen molar-refractivity contribution in [3.63, 3.8) is 0 Å². The molecule has 1 aromatic heterocycles. The minimum Gasteiger partial charge on any atom is -0.228 e. The lowest BCUT2D eigenvalue weighted by atomic mass is 9.81. The number of rotatable bonds is 6. The Morgan fingerprint density at radius 1 is 0.305 bits per heavy atom. The van der Waals surface area contributed by atoms with Gasteiger partial charge in [0.1, 0.15) is 0 Å². The number of nitrogens with zero attached hydrogens (tertiary/aromatic N) is 2. The minimum atomic E-state index is -0.0844. The Balaban J connectivity index is 1.10. The average Bonchev–Trinajstić information content (AvgIpc) is 3.52. The topological polar surface area (TPSA) is 25.8 Å². The van der Waals surface area contributed by atoms with Gasteiger partial charge >= 0.3 is 0 Å². The predicted molar refractivity (Wildman–Crippen MR) is 247 cm³/mol. The van der Waals surface area contributed by atoms with E-state index in [1.54, 1.807) is 0 Å². The van der Waals surface area contributed by atoms with Gasteiger partial charge in [0.2, 0.25) is 0 Å². The first kappa shape index (κ1) is 34.8. The van der Waals surface area contributed by atoms with Gasteiger partial charge in [-0.3, -0.25) is 0 Å². The summed E-state index contributed by atoms with van der Waals surface area (Å²) in [4.78, 5) is 10.8. The maximum atomic E-state index is 5.47. The molecule has 10 aromatic rings. The van der Waals surface area contributed by atoms with Crippen LogP contribution in [0, 0.1) is 0 Å². The second-order valence-electron chi connectivity index (χ2n) is 16.2. The molecule has 0 amide bonds. The van der Waals surface area contributed by atoms with Crippen LogP contribution < -0.4 is 0 Å². The first-order valence-corrected chi connectivity index (χ1v) is 20.4. The van der Waals surface area contributed by atoms with Crippen LogP contribution in [0.3, 0.4) is 0 Å². The highest BCUT2D eigenvalue weighted by Crippen LogP contribution is 2.51. The molecule has 0 saturated heterocycles. The third kappa shape index (κ3) is 5.96. The van der Waals surface area contributed by atoms with E-state index in [-0.39, 0.29) is 5.41 Å². The van der Waals surface area contributed by atoms with E-state index < -0.39 is 0 Å². The Morgan fingerprint density at radius 3 is 1.56 bits per heavy atom. The van der Waals surface area contributed by atoms with Crippen LogP contribution in [0.25, 0.3) is 100.0 Å². The summed E-state index contributed by atoms with van der Waals surface area (Å²) in [5.74, 6) is 0.699. The summed E-state index contributed by atoms with van der Waals surface area (Å²) >= 11 is 0. The van der Waals surface area contributed by atoms with E-state index in [0.29, 0.717) is 5.82 Å². The predicted octanol–water partition coefficient (Wildman–Crippen LogP) is 15.1. The van der Waals surface area contributed by atoms with Crippen LogP contribution in [0.2, 0.25) is 0 Å². The quantitative estimate of drug-likeness (QED) is 0.169. The Hall–Kier alpha value is -7.42. The van der Waals surface area contributed by atoms with Gasteiger partial charge in [0.15, 0.2) is 5.82 Å². The largest absolute Gasteiger partial charge is 0.228 e. The molecule has 0 spiro atoms. The lowest BCUT2D eigenvalue weighted by Crippen LogP contribution is -2.14. The summed E-state index contributed by atoms with van der Waals surface area (Å²) in [5.41, 5.74) is 17.2. The molecule has 0 fully saturated rings. The van der Waals surface area contributed by atoms with Gasteiger partial charge in [-0.15, -0.1) is 0 Å². The normalized spacial score (nSPS) is 12.7. The molecule has 0 unspecified atom stereocenters. The molecule has 0 bridgehead atoms. The van der Waals surface area contributed by atoms with Crippen molar-refractivity contribution in [1.82, 2.24) is 9.97 Å². The van der Waals surface area contributed by atoms with Gasteiger partial charge in [0, 0.05) is 22.1 Å². The van der Waals surface area contributed by atoms with E-state index in [0.717, 1.165) is 50.2 Å². The Labute approximate surface area is 345 Å². The van der Waals surface area contributed by atoms with Gasteiger partial charge < -0.3 is 0 Å². The number of aromatic nitrogens is 2. The van der Waals surface area contributed by atoms with Crippen molar-refractivity contribution in [2.24, 2.45) is 0 Å².